The minimum atomic E-state index is -0.596. The molecule has 1 saturated heterocycles. The molecule has 0 atom stereocenters. The number of hydrogen-bond donors (Lipinski definition) is 0. The number of rotatable bonds is 7. The van der Waals surface area contributed by atoms with E-state index in [0.717, 1.165) is 18.7 Å². The van der Waals surface area contributed by atoms with E-state index in [1.807, 2.05) is 30.3 Å². The van der Waals surface area contributed by atoms with E-state index in [-0.39, 0.29) is 18.1 Å². The van der Waals surface area contributed by atoms with Crippen molar-refractivity contribution in [1.82, 2.24) is 9.80 Å². The molecule has 1 aliphatic rings. The Kier molecular flexibility index (Phi) is 8.16. The lowest BCUT2D eigenvalue weighted by Crippen LogP contribution is -2.51. The molecule has 2 aromatic carbocycles. The minimum absolute atomic E-state index is 0.197. The maximum Gasteiger partial charge on any atom is 0.338 e. The normalized spacial score (nSPS) is 14.5. The number of nitrogens with zero attached hydrogens (tertiary/aromatic N) is 2. The zero-order valence-corrected chi connectivity index (χ0v) is 18.4. The highest BCUT2D eigenvalue weighted by molar-refractivity contribution is 5.92. The topological polar surface area (TPSA) is 76.2 Å². The van der Waals surface area contributed by atoms with Gasteiger partial charge in [-0.1, -0.05) is 30.3 Å². The summed E-state index contributed by atoms with van der Waals surface area (Å²) >= 11 is 0. The Morgan fingerprint density at radius 1 is 0.938 bits per heavy atom. The van der Waals surface area contributed by atoms with Crippen molar-refractivity contribution in [2.24, 2.45) is 0 Å². The van der Waals surface area contributed by atoms with Crippen LogP contribution in [0.3, 0.4) is 0 Å². The lowest BCUT2D eigenvalue weighted by Gasteiger charge is -2.36. The molecule has 1 amide bonds. The SMILES string of the molecule is CC(C)N1CCN(C(=O)COC(=O)c2ccc(OC(=O)/C=C/c3ccccc3)cc2)CC1. The fourth-order valence-corrected chi connectivity index (χ4v) is 3.33. The molecular formula is C25H28N2O5. The molecule has 0 bridgehead atoms. The molecule has 1 aliphatic heterocycles. The van der Waals surface area contributed by atoms with Crippen LogP contribution < -0.4 is 4.74 Å². The first-order valence-corrected chi connectivity index (χ1v) is 10.7. The summed E-state index contributed by atoms with van der Waals surface area (Å²) < 4.78 is 10.4. The molecule has 0 N–H and O–H groups in total. The van der Waals surface area contributed by atoms with Gasteiger partial charge in [-0.2, -0.15) is 0 Å². The zero-order valence-electron chi connectivity index (χ0n) is 18.4. The third-order valence-corrected chi connectivity index (χ3v) is 5.24. The van der Waals surface area contributed by atoms with Gasteiger partial charge in [0.25, 0.3) is 5.91 Å². The summed E-state index contributed by atoms with van der Waals surface area (Å²) in [7, 11) is 0. The van der Waals surface area contributed by atoms with Crippen LogP contribution >= 0.6 is 0 Å². The molecule has 0 aromatic heterocycles. The lowest BCUT2D eigenvalue weighted by atomic mass is 10.2. The summed E-state index contributed by atoms with van der Waals surface area (Å²) in [6.07, 6.45) is 3.00. The molecule has 0 spiro atoms. The van der Waals surface area contributed by atoms with Crippen LogP contribution in [0.1, 0.15) is 29.8 Å². The second kappa shape index (κ2) is 11.2. The number of esters is 2. The molecule has 168 valence electrons. The summed E-state index contributed by atoms with van der Waals surface area (Å²) in [5.41, 5.74) is 1.17. The summed E-state index contributed by atoms with van der Waals surface area (Å²) in [6.45, 7) is 6.87. The van der Waals surface area contributed by atoms with Gasteiger partial charge in [-0.05, 0) is 49.8 Å². The standard InChI is InChI=1S/C25H28N2O5/c1-19(2)26-14-16-27(17-15-26)23(28)18-31-25(30)21-9-11-22(12-10-21)32-24(29)13-8-20-6-4-3-5-7-20/h3-13,19H,14-18H2,1-2H3/b13-8+. The Bertz CT molecular complexity index is 946. The number of amides is 1. The van der Waals surface area contributed by atoms with Crippen LogP contribution in [0.4, 0.5) is 0 Å². The first-order valence-electron chi connectivity index (χ1n) is 10.7. The number of carbonyl (C=O) groups is 3. The zero-order chi connectivity index (χ0) is 22.9. The van der Waals surface area contributed by atoms with Crippen LogP contribution in [0.2, 0.25) is 0 Å². The van der Waals surface area contributed by atoms with Crippen molar-refractivity contribution < 1.29 is 23.9 Å². The van der Waals surface area contributed by atoms with Gasteiger partial charge in [0.15, 0.2) is 6.61 Å². The molecule has 7 nitrogen and oxygen atoms in total. The van der Waals surface area contributed by atoms with Gasteiger partial charge in [0.1, 0.15) is 5.75 Å². The average molecular weight is 437 g/mol. The van der Waals surface area contributed by atoms with Crippen LogP contribution in [0.15, 0.2) is 60.7 Å². The molecule has 1 fully saturated rings. The Hall–Kier alpha value is -3.45. The van der Waals surface area contributed by atoms with E-state index in [1.165, 1.54) is 30.3 Å². The van der Waals surface area contributed by atoms with Crippen LogP contribution in [0.5, 0.6) is 5.75 Å². The maximum atomic E-state index is 12.3. The van der Waals surface area contributed by atoms with Gasteiger partial charge < -0.3 is 14.4 Å². The van der Waals surface area contributed by atoms with E-state index in [4.69, 9.17) is 9.47 Å². The van der Waals surface area contributed by atoms with Gasteiger partial charge in [-0.15, -0.1) is 0 Å². The van der Waals surface area contributed by atoms with E-state index in [9.17, 15) is 14.4 Å². The van der Waals surface area contributed by atoms with E-state index in [1.54, 1.807) is 11.0 Å². The highest BCUT2D eigenvalue weighted by atomic mass is 16.5. The molecule has 0 saturated carbocycles. The quantitative estimate of drug-likeness (QED) is 0.377. The van der Waals surface area contributed by atoms with E-state index < -0.39 is 11.9 Å². The summed E-state index contributed by atoms with van der Waals surface area (Å²) in [4.78, 5) is 40.5. The largest absolute Gasteiger partial charge is 0.452 e. The van der Waals surface area contributed by atoms with Crippen molar-refractivity contribution in [2.75, 3.05) is 32.8 Å². The minimum Gasteiger partial charge on any atom is -0.452 e. The Morgan fingerprint density at radius 2 is 1.59 bits per heavy atom. The lowest BCUT2D eigenvalue weighted by molar-refractivity contribution is -0.136. The summed E-state index contributed by atoms with van der Waals surface area (Å²) in [5.74, 6) is -1.01. The van der Waals surface area contributed by atoms with Crippen molar-refractivity contribution in [3.8, 4) is 5.75 Å². The predicted molar refractivity (Wildman–Crippen MR) is 121 cm³/mol. The molecule has 0 radical (unpaired) electrons. The third-order valence-electron chi connectivity index (χ3n) is 5.24. The smallest absolute Gasteiger partial charge is 0.338 e. The van der Waals surface area contributed by atoms with Gasteiger partial charge in [0, 0.05) is 38.3 Å². The van der Waals surface area contributed by atoms with Crippen molar-refractivity contribution in [2.45, 2.75) is 19.9 Å². The molecule has 2 aromatic rings. The molecule has 7 heteroatoms. The van der Waals surface area contributed by atoms with Crippen LogP contribution in [-0.4, -0.2) is 66.5 Å². The van der Waals surface area contributed by atoms with E-state index in [2.05, 4.69) is 18.7 Å². The first kappa shape index (κ1) is 23.2. The molecule has 1 heterocycles. The highest BCUT2D eigenvalue weighted by Crippen LogP contribution is 2.14. The van der Waals surface area contributed by atoms with E-state index in [0.29, 0.717) is 24.9 Å². The number of benzene rings is 2. The van der Waals surface area contributed by atoms with Gasteiger partial charge in [0.05, 0.1) is 5.56 Å². The van der Waals surface area contributed by atoms with Crippen LogP contribution in [0.25, 0.3) is 6.08 Å². The Labute approximate surface area is 188 Å². The van der Waals surface area contributed by atoms with Crippen LogP contribution in [0, 0.1) is 0 Å². The monoisotopic (exact) mass is 436 g/mol. The summed E-state index contributed by atoms with van der Waals surface area (Å²) in [6, 6.07) is 15.9. The second-order valence-corrected chi connectivity index (χ2v) is 7.78. The maximum absolute atomic E-state index is 12.3. The molecule has 3 rings (SSSR count). The van der Waals surface area contributed by atoms with Crippen molar-refractivity contribution in [3.05, 3.63) is 71.8 Å². The third kappa shape index (κ3) is 6.78. The van der Waals surface area contributed by atoms with Gasteiger partial charge in [-0.25, -0.2) is 9.59 Å². The fraction of sp³-hybridized carbons (Fsp3) is 0.320. The fourth-order valence-electron chi connectivity index (χ4n) is 3.33. The predicted octanol–water partition coefficient (Wildman–Crippen LogP) is 3.01. The first-order chi connectivity index (χ1) is 15.4. The number of hydrogen-bond acceptors (Lipinski definition) is 6. The molecule has 0 unspecified atom stereocenters. The second-order valence-electron chi connectivity index (χ2n) is 7.78. The van der Waals surface area contributed by atoms with Crippen molar-refractivity contribution in [3.63, 3.8) is 0 Å². The van der Waals surface area contributed by atoms with Crippen LogP contribution in [-0.2, 0) is 14.3 Å². The average Bonchev–Trinajstić information content (AvgIpc) is 2.82. The Morgan fingerprint density at radius 3 is 2.22 bits per heavy atom. The van der Waals surface area contributed by atoms with Crippen molar-refractivity contribution >= 4 is 23.9 Å². The molecule has 32 heavy (non-hydrogen) atoms. The van der Waals surface area contributed by atoms with Gasteiger partial charge in [0.2, 0.25) is 0 Å². The molecular weight excluding hydrogens is 408 g/mol. The number of carbonyl (C=O) groups excluding carboxylic acids is 3. The van der Waals surface area contributed by atoms with Crippen molar-refractivity contribution in [1.29, 1.82) is 0 Å². The van der Waals surface area contributed by atoms with Gasteiger partial charge in [-0.3, -0.25) is 9.69 Å². The highest BCUT2D eigenvalue weighted by Gasteiger charge is 2.23. The van der Waals surface area contributed by atoms with E-state index >= 15 is 0 Å². The summed E-state index contributed by atoms with van der Waals surface area (Å²) in [5, 5.41) is 0. The number of ether oxygens (including phenoxy) is 2. The number of piperazine rings is 1. The van der Waals surface area contributed by atoms with Gasteiger partial charge >= 0.3 is 11.9 Å². The molecule has 0 aliphatic carbocycles. The Balaban J connectivity index is 1.44.